The fraction of sp³-hybridized carbons (Fsp3) is 1.00. The summed E-state index contributed by atoms with van der Waals surface area (Å²) in [5.41, 5.74) is 11.5. The zero-order chi connectivity index (χ0) is 10.9. The fourth-order valence-corrected chi connectivity index (χ4v) is 1.35. The van der Waals surface area contributed by atoms with Crippen molar-refractivity contribution in [1.82, 2.24) is 5.32 Å². The Bertz CT molecular complexity index is 124. The summed E-state index contributed by atoms with van der Waals surface area (Å²) in [7, 11) is 0. The first-order chi connectivity index (χ1) is 6.62. The highest BCUT2D eigenvalue weighted by Gasteiger charge is 2.13. The van der Waals surface area contributed by atoms with Crippen LogP contribution in [0.5, 0.6) is 0 Å². The maximum atomic E-state index is 5.75. The summed E-state index contributed by atoms with van der Waals surface area (Å²) in [5.74, 6) is -0.663. The van der Waals surface area contributed by atoms with Crippen molar-refractivity contribution in [1.29, 1.82) is 0 Å². The summed E-state index contributed by atoms with van der Waals surface area (Å²) in [6.45, 7) is 5.17. The van der Waals surface area contributed by atoms with Crippen LogP contribution in [0.1, 0.15) is 58.8 Å². The minimum atomic E-state index is -0.663. The number of unbranched alkanes of at least 4 members (excludes halogenated alkanes) is 5. The molecule has 0 aliphatic rings. The minimum Gasteiger partial charge on any atom is -0.301 e. The lowest BCUT2D eigenvalue weighted by molar-refractivity contribution is 0.331. The van der Waals surface area contributed by atoms with E-state index in [1.807, 2.05) is 6.92 Å². The van der Waals surface area contributed by atoms with Gasteiger partial charge in [0.2, 0.25) is 0 Å². The van der Waals surface area contributed by atoms with E-state index in [-0.39, 0.29) is 0 Å². The van der Waals surface area contributed by atoms with Gasteiger partial charge in [0.05, 0.1) is 0 Å². The van der Waals surface area contributed by atoms with Gasteiger partial charge in [-0.3, -0.25) is 5.32 Å². The van der Waals surface area contributed by atoms with E-state index < -0.39 is 5.79 Å². The van der Waals surface area contributed by atoms with Crippen LogP contribution in [0, 0.1) is 0 Å². The first-order valence-electron chi connectivity index (χ1n) is 5.95. The lowest BCUT2D eigenvalue weighted by atomic mass is 10.1. The van der Waals surface area contributed by atoms with Crippen molar-refractivity contribution in [3.05, 3.63) is 0 Å². The molecule has 0 atom stereocenters. The van der Waals surface area contributed by atoms with Crippen LogP contribution in [-0.4, -0.2) is 12.3 Å². The Morgan fingerprint density at radius 2 is 1.50 bits per heavy atom. The number of hydrogen-bond donors (Lipinski definition) is 3. The number of rotatable bonds is 9. The van der Waals surface area contributed by atoms with E-state index in [9.17, 15) is 0 Å². The molecule has 14 heavy (non-hydrogen) atoms. The van der Waals surface area contributed by atoms with Gasteiger partial charge in [-0.2, -0.15) is 0 Å². The number of nitrogens with one attached hydrogen (secondary N) is 1. The van der Waals surface area contributed by atoms with Gasteiger partial charge in [0.25, 0.3) is 0 Å². The minimum absolute atomic E-state index is 0.663. The Balaban J connectivity index is 3.13. The highest BCUT2D eigenvalue weighted by Crippen LogP contribution is 2.04. The molecule has 0 saturated carbocycles. The quantitative estimate of drug-likeness (QED) is 0.394. The van der Waals surface area contributed by atoms with Crippen LogP contribution in [0.2, 0.25) is 0 Å². The Morgan fingerprint density at radius 1 is 0.929 bits per heavy atom. The van der Waals surface area contributed by atoms with Crippen molar-refractivity contribution in [3.63, 3.8) is 0 Å². The Kier molecular flexibility index (Phi) is 8.14. The molecule has 0 unspecified atom stereocenters. The van der Waals surface area contributed by atoms with Gasteiger partial charge in [0.1, 0.15) is 5.79 Å². The van der Waals surface area contributed by atoms with Gasteiger partial charge in [-0.15, -0.1) is 0 Å². The molecular formula is C11H27N3. The van der Waals surface area contributed by atoms with Crippen molar-refractivity contribution in [3.8, 4) is 0 Å². The van der Waals surface area contributed by atoms with Crippen molar-refractivity contribution in [2.75, 3.05) is 6.54 Å². The van der Waals surface area contributed by atoms with Gasteiger partial charge in [0, 0.05) is 0 Å². The molecule has 0 aliphatic carbocycles. The average molecular weight is 201 g/mol. The third-order valence-electron chi connectivity index (χ3n) is 2.57. The molecule has 3 heteroatoms. The van der Waals surface area contributed by atoms with E-state index in [4.69, 9.17) is 11.5 Å². The smallest absolute Gasteiger partial charge is 0.118 e. The monoisotopic (exact) mass is 201 g/mol. The predicted octanol–water partition coefficient (Wildman–Crippen LogP) is 1.92. The van der Waals surface area contributed by atoms with Crippen LogP contribution in [-0.2, 0) is 0 Å². The summed E-state index contributed by atoms with van der Waals surface area (Å²) in [4.78, 5) is 0. The molecule has 0 bridgehead atoms. The maximum absolute atomic E-state index is 5.75. The standard InChI is InChI=1S/C11H27N3/c1-3-5-6-7-8-9-10-14-11(12,13)4-2/h14H,3-10,12-13H2,1-2H3. The van der Waals surface area contributed by atoms with Crippen molar-refractivity contribution < 1.29 is 0 Å². The van der Waals surface area contributed by atoms with E-state index in [1.165, 1.54) is 38.5 Å². The lowest BCUT2D eigenvalue weighted by Gasteiger charge is -2.24. The van der Waals surface area contributed by atoms with Gasteiger partial charge in [-0.05, 0) is 19.4 Å². The van der Waals surface area contributed by atoms with Crippen LogP contribution >= 0.6 is 0 Å². The zero-order valence-corrected chi connectivity index (χ0v) is 9.81. The van der Waals surface area contributed by atoms with Gasteiger partial charge < -0.3 is 11.5 Å². The average Bonchev–Trinajstić information content (AvgIpc) is 2.16. The molecule has 0 spiro atoms. The third kappa shape index (κ3) is 8.48. The Hall–Kier alpha value is -0.120. The molecule has 0 radical (unpaired) electrons. The zero-order valence-electron chi connectivity index (χ0n) is 9.81. The van der Waals surface area contributed by atoms with E-state index in [0.29, 0.717) is 0 Å². The molecule has 0 saturated heterocycles. The normalized spacial score (nSPS) is 12.0. The van der Waals surface area contributed by atoms with Crippen LogP contribution in [0.3, 0.4) is 0 Å². The van der Waals surface area contributed by atoms with Crippen molar-refractivity contribution in [2.45, 2.75) is 64.6 Å². The highest BCUT2D eigenvalue weighted by atomic mass is 15.2. The second-order valence-electron chi connectivity index (χ2n) is 4.09. The molecule has 0 rings (SSSR count). The largest absolute Gasteiger partial charge is 0.301 e. The van der Waals surface area contributed by atoms with Gasteiger partial charge >= 0.3 is 0 Å². The molecule has 5 N–H and O–H groups in total. The molecule has 3 nitrogen and oxygen atoms in total. The molecule has 0 heterocycles. The maximum Gasteiger partial charge on any atom is 0.118 e. The van der Waals surface area contributed by atoms with Crippen LogP contribution < -0.4 is 16.8 Å². The van der Waals surface area contributed by atoms with E-state index in [1.54, 1.807) is 0 Å². The molecule has 0 aliphatic heterocycles. The summed E-state index contributed by atoms with van der Waals surface area (Å²) in [6.07, 6.45) is 8.60. The first kappa shape index (κ1) is 13.9. The Morgan fingerprint density at radius 3 is 2.07 bits per heavy atom. The number of nitrogens with two attached hydrogens (primary N) is 2. The second-order valence-corrected chi connectivity index (χ2v) is 4.09. The highest BCUT2D eigenvalue weighted by molar-refractivity contribution is 4.70. The van der Waals surface area contributed by atoms with E-state index >= 15 is 0 Å². The van der Waals surface area contributed by atoms with Crippen molar-refractivity contribution >= 4 is 0 Å². The van der Waals surface area contributed by atoms with Crippen LogP contribution in [0.4, 0.5) is 0 Å². The number of hydrogen-bond acceptors (Lipinski definition) is 3. The SMILES string of the molecule is CCCCCCCCNC(N)(N)CC. The predicted molar refractivity (Wildman–Crippen MR) is 62.8 cm³/mol. The summed E-state index contributed by atoms with van der Waals surface area (Å²) in [5, 5.41) is 3.16. The van der Waals surface area contributed by atoms with Gasteiger partial charge in [0.15, 0.2) is 0 Å². The molecule has 0 amide bonds. The molecule has 0 aromatic carbocycles. The van der Waals surface area contributed by atoms with Crippen LogP contribution in [0.25, 0.3) is 0 Å². The molecular weight excluding hydrogens is 174 g/mol. The molecule has 0 aromatic heterocycles. The van der Waals surface area contributed by atoms with E-state index in [2.05, 4.69) is 12.2 Å². The summed E-state index contributed by atoms with van der Waals surface area (Å²) < 4.78 is 0. The van der Waals surface area contributed by atoms with Gasteiger partial charge in [-0.1, -0.05) is 46.0 Å². The molecule has 86 valence electrons. The van der Waals surface area contributed by atoms with Gasteiger partial charge in [-0.25, -0.2) is 0 Å². The molecule has 0 aromatic rings. The van der Waals surface area contributed by atoms with Crippen molar-refractivity contribution in [2.24, 2.45) is 11.5 Å². The first-order valence-corrected chi connectivity index (χ1v) is 5.95. The summed E-state index contributed by atoms with van der Waals surface area (Å²) >= 11 is 0. The topological polar surface area (TPSA) is 64.1 Å². The molecule has 0 fully saturated rings. The second kappa shape index (κ2) is 8.21. The van der Waals surface area contributed by atoms with Crippen LogP contribution in [0.15, 0.2) is 0 Å². The fourth-order valence-electron chi connectivity index (χ4n) is 1.35. The van der Waals surface area contributed by atoms with E-state index in [0.717, 1.165) is 13.0 Å². The summed E-state index contributed by atoms with van der Waals surface area (Å²) in [6, 6.07) is 0. The third-order valence-corrected chi connectivity index (χ3v) is 2.57. The Labute approximate surface area is 88.6 Å². The lowest BCUT2D eigenvalue weighted by Crippen LogP contribution is -2.60.